The van der Waals surface area contributed by atoms with Crippen molar-refractivity contribution in [1.29, 1.82) is 0 Å². The summed E-state index contributed by atoms with van der Waals surface area (Å²) in [6.07, 6.45) is 14.5. The smallest absolute Gasteiger partial charge is 0.388 e. The lowest BCUT2D eigenvalue weighted by Crippen LogP contribution is -2.64. The Morgan fingerprint density at radius 3 is 1.57 bits per heavy atom. The van der Waals surface area contributed by atoms with Crippen LogP contribution in [0.1, 0.15) is 105 Å². The second-order valence-corrected chi connectivity index (χ2v) is 14.5. The van der Waals surface area contributed by atoms with Crippen LogP contribution < -0.4 is 10.4 Å². The zero-order valence-corrected chi connectivity index (χ0v) is 24.4. The van der Waals surface area contributed by atoms with E-state index in [2.05, 4.69) is 95.3 Å². The normalized spacial score (nSPS) is 13.2. The van der Waals surface area contributed by atoms with E-state index in [1.165, 1.54) is 68.2 Å². The highest BCUT2D eigenvalue weighted by molar-refractivity contribution is 6.92. The minimum atomic E-state index is -2.78. The first kappa shape index (κ1) is 29.8. The Morgan fingerprint density at radius 2 is 1.11 bits per heavy atom. The van der Waals surface area contributed by atoms with Gasteiger partial charge in [-0.2, -0.15) is 0 Å². The van der Waals surface area contributed by atoms with E-state index in [-0.39, 0.29) is 0 Å². The standard InChI is InChI=1S/C32H52O2Si/c1-6-7-8-9-10-11-12-13-14-21-26-33-35(30-22-17-15-18-23-30,31-24-19-16-20-25-31)34-28-29(2)27-32(3,4)5/h15-20,22-25,29H,6-14,21,26-28H2,1-5H3. The maximum Gasteiger partial charge on any atom is 0.407 e. The van der Waals surface area contributed by atoms with Gasteiger partial charge in [0.25, 0.3) is 0 Å². The molecule has 2 nitrogen and oxygen atoms in total. The molecule has 0 aliphatic carbocycles. The van der Waals surface area contributed by atoms with Gasteiger partial charge in [-0.15, -0.1) is 0 Å². The highest BCUT2D eigenvalue weighted by atomic mass is 28.4. The van der Waals surface area contributed by atoms with E-state index < -0.39 is 8.56 Å². The van der Waals surface area contributed by atoms with Crippen molar-refractivity contribution < 1.29 is 8.85 Å². The number of benzene rings is 2. The molecule has 0 heterocycles. The summed E-state index contributed by atoms with van der Waals surface area (Å²) >= 11 is 0. The summed E-state index contributed by atoms with van der Waals surface area (Å²) in [5, 5.41) is 2.42. The van der Waals surface area contributed by atoms with Crippen LogP contribution in [-0.2, 0) is 8.85 Å². The fourth-order valence-corrected chi connectivity index (χ4v) is 8.32. The monoisotopic (exact) mass is 496 g/mol. The molecule has 0 aliphatic rings. The largest absolute Gasteiger partial charge is 0.407 e. The molecule has 2 aromatic rings. The third-order valence-electron chi connectivity index (χ3n) is 6.64. The third kappa shape index (κ3) is 11.4. The third-order valence-corrected chi connectivity index (χ3v) is 10.0. The second-order valence-electron chi connectivity index (χ2n) is 11.6. The molecule has 1 atom stereocenters. The van der Waals surface area contributed by atoms with Crippen LogP contribution in [0.3, 0.4) is 0 Å². The zero-order chi connectivity index (χ0) is 25.4. The van der Waals surface area contributed by atoms with Gasteiger partial charge in [0, 0.05) is 13.2 Å². The Kier molecular flexibility index (Phi) is 13.9. The summed E-state index contributed by atoms with van der Waals surface area (Å²) in [5.74, 6) is 0.482. The van der Waals surface area contributed by atoms with Crippen LogP contribution in [0.4, 0.5) is 0 Å². The molecule has 196 valence electrons. The van der Waals surface area contributed by atoms with Gasteiger partial charge in [-0.3, -0.25) is 0 Å². The minimum Gasteiger partial charge on any atom is -0.388 e. The number of hydrogen-bond donors (Lipinski definition) is 0. The Morgan fingerprint density at radius 1 is 0.657 bits per heavy atom. The van der Waals surface area contributed by atoms with Crippen molar-refractivity contribution in [3.63, 3.8) is 0 Å². The molecule has 1 unspecified atom stereocenters. The molecule has 0 N–H and O–H groups in total. The molecule has 0 radical (unpaired) electrons. The van der Waals surface area contributed by atoms with Crippen molar-refractivity contribution in [1.82, 2.24) is 0 Å². The first-order valence-electron chi connectivity index (χ1n) is 14.3. The van der Waals surface area contributed by atoms with Crippen LogP contribution in [-0.4, -0.2) is 21.8 Å². The molecule has 0 spiro atoms. The molecule has 35 heavy (non-hydrogen) atoms. The highest BCUT2D eigenvalue weighted by Crippen LogP contribution is 2.25. The van der Waals surface area contributed by atoms with Crippen molar-refractivity contribution in [2.75, 3.05) is 13.2 Å². The van der Waals surface area contributed by atoms with Gasteiger partial charge in [-0.25, -0.2) is 0 Å². The van der Waals surface area contributed by atoms with E-state index in [9.17, 15) is 0 Å². The summed E-state index contributed by atoms with van der Waals surface area (Å²) in [6.45, 7) is 13.0. The summed E-state index contributed by atoms with van der Waals surface area (Å²) in [6, 6.07) is 21.4. The van der Waals surface area contributed by atoms with Crippen molar-refractivity contribution in [2.45, 2.75) is 105 Å². The number of hydrogen-bond acceptors (Lipinski definition) is 2. The van der Waals surface area contributed by atoms with Gasteiger partial charge in [0.1, 0.15) is 0 Å². The molecule has 0 bridgehead atoms. The van der Waals surface area contributed by atoms with E-state index in [1.807, 2.05) is 0 Å². The predicted molar refractivity (Wildman–Crippen MR) is 155 cm³/mol. The molecule has 0 aromatic heterocycles. The minimum absolute atomic E-state index is 0.295. The maximum atomic E-state index is 6.92. The van der Waals surface area contributed by atoms with Crippen molar-refractivity contribution in [2.24, 2.45) is 11.3 Å². The Labute approximate surface area is 218 Å². The Balaban J connectivity index is 2.00. The van der Waals surface area contributed by atoms with Crippen LogP contribution >= 0.6 is 0 Å². The molecule has 0 fully saturated rings. The van der Waals surface area contributed by atoms with Gasteiger partial charge in [0.15, 0.2) is 0 Å². The summed E-state index contributed by atoms with van der Waals surface area (Å²) in [4.78, 5) is 0. The van der Waals surface area contributed by atoms with Crippen molar-refractivity contribution in [3.05, 3.63) is 60.7 Å². The van der Waals surface area contributed by atoms with Crippen LogP contribution in [0.25, 0.3) is 0 Å². The van der Waals surface area contributed by atoms with Gasteiger partial charge >= 0.3 is 8.56 Å². The molecule has 0 aliphatic heterocycles. The van der Waals surface area contributed by atoms with E-state index in [4.69, 9.17) is 8.85 Å². The molecule has 0 amide bonds. The Hall–Kier alpha value is -1.42. The fourth-order valence-electron chi connectivity index (χ4n) is 5.03. The van der Waals surface area contributed by atoms with E-state index in [1.54, 1.807) is 0 Å². The first-order valence-corrected chi connectivity index (χ1v) is 16.1. The van der Waals surface area contributed by atoms with Crippen molar-refractivity contribution >= 4 is 18.9 Å². The van der Waals surface area contributed by atoms with Crippen LogP contribution in [0.5, 0.6) is 0 Å². The molecular formula is C32H52O2Si. The predicted octanol–water partition coefficient (Wildman–Crippen LogP) is 8.27. The quantitative estimate of drug-likeness (QED) is 0.153. The summed E-state index contributed by atoms with van der Waals surface area (Å²) in [5.41, 5.74) is 0.295. The summed E-state index contributed by atoms with van der Waals surface area (Å²) < 4.78 is 13.8. The average molecular weight is 497 g/mol. The molecule has 3 heteroatoms. The van der Waals surface area contributed by atoms with Crippen LogP contribution in [0, 0.1) is 11.3 Å². The molecule has 0 saturated heterocycles. The van der Waals surface area contributed by atoms with Gasteiger partial charge in [-0.05, 0) is 34.5 Å². The highest BCUT2D eigenvalue weighted by Gasteiger charge is 2.43. The lowest BCUT2D eigenvalue weighted by molar-refractivity contribution is 0.148. The Bertz CT molecular complexity index is 730. The van der Waals surface area contributed by atoms with Crippen LogP contribution in [0.2, 0.25) is 0 Å². The maximum absolute atomic E-state index is 6.92. The second kappa shape index (κ2) is 16.3. The molecule has 2 rings (SSSR count). The lowest BCUT2D eigenvalue weighted by Gasteiger charge is -2.33. The SMILES string of the molecule is CCCCCCCCCCCCO[Si](OCC(C)CC(C)(C)C)(c1ccccc1)c1ccccc1. The summed E-state index contributed by atoms with van der Waals surface area (Å²) in [7, 11) is -2.78. The molecular weight excluding hydrogens is 444 g/mol. The van der Waals surface area contributed by atoms with Crippen LogP contribution in [0.15, 0.2) is 60.7 Å². The van der Waals surface area contributed by atoms with Gasteiger partial charge in [-0.1, -0.05) is 153 Å². The van der Waals surface area contributed by atoms with E-state index in [0.29, 0.717) is 11.3 Å². The number of unbranched alkanes of at least 4 members (excludes halogenated alkanes) is 9. The van der Waals surface area contributed by atoms with Gasteiger partial charge in [0.2, 0.25) is 0 Å². The van der Waals surface area contributed by atoms with E-state index >= 15 is 0 Å². The zero-order valence-electron chi connectivity index (χ0n) is 23.4. The molecule has 2 aromatic carbocycles. The van der Waals surface area contributed by atoms with Gasteiger partial charge in [0.05, 0.1) is 0 Å². The van der Waals surface area contributed by atoms with E-state index in [0.717, 1.165) is 26.1 Å². The average Bonchev–Trinajstić information content (AvgIpc) is 2.84. The lowest BCUT2D eigenvalue weighted by atomic mass is 9.86. The molecule has 0 saturated carbocycles. The first-order chi connectivity index (χ1) is 16.9. The fraction of sp³-hybridized carbons (Fsp3) is 0.625. The van der Waals surface area contributed by atoms with Gasteiger partial charge < -0.3 is 8.85 Å². The number of rotatable bonds is 18. The van der Waals surface area contributed by atoms with Crippen molar-refractivity contribution in [3.8, 4) is 0 Å². The topological polar surface area (TPSA) is 18.5 Å².